The van der Waals surface area contributed by atoms with E-state index in [1.165, 1.54) is 5.69 Å². The Morgan fingerprint density at radius 2 is 2.11 bits per heavy atom. The lowest BCUT2D eigenvalue weighted by Crippen LogP contribution is -2.26. The average molecular weight is 258 g/mol. The lowest BCUT2D eigenvalue weighted by atomic mass is 10.1. The first-order valence-corrected chi connectivity index (χ1v) is 7.00. The first-order chi connectivity index (χ1) is 9.35. The van der Waals surface area contributed by atoms with Crippen LogP contribution >= 0.6 is 0 Å². The van der Waals surface area contributed by atoms with Gasteiger partial charge in [-0.3, -0.25) is 9.67 Å². The zero-order chi connectivity index (χ0) is 13.5. The molecule has 1 atom stereocenters. The molecule has 1 unspecified atom stereocenters. The van der Waals surface area contributed by atoms with Gasteiger partial charge in [-0.15, -0.1) is 0 Å². The molecule has 2 heterocycles. The Labute approximate surface area is 114 Å². The topological polar surface area (TPSA) is 42.7 Å². The number of aryl methyl sites for hydroxylation is 1. The summed E-state index contributed by atoms with van der Waals surface area (Å²) in [6, 6.07) is 8.44. The second-order valence-electron chi connectivity index (χ2n) is 4.60. The first-order valence-electron chi connectivity index (χ1n) is 7.00. The highest BCUT2D eigenvalue weighted by Crippen LogP contribution is 2.17. The van der Waals surface area contributed by atoms with Crippen molar-refractivity contribution in [2.75, 3.05) is 6.54 Å². The van der Waals surface area contributed by atoms with Crippen LogP contribution in [0.15, 0.2) is 36.7 Å². The van der Waals surface area contributed by atoms with Gasteiger partial charge in [0.2, 0.25) is 0 Å². The van der Waals surface area contributed by atoms with Crippen molar-refractivity contribution in [2.24, 2.45) is 0 Å². The van der Waals surface area contributed by atoms with Gasteiger partial charge in [-0.2, -0.15) is 5.10 Å². The Balaban J connectivity index is 2.16. The van der Waals surface area contributed by atoms with E-state index in [0.29, 0.717) is 0 Å². The molecule has 0 amide bonds. The minimum absolute atomic E-state index is 0.275. The van der Waals surface area contributed by atoms with E-state index in [1.807, 2.05) is 24.5 Å². The highest BCUT2D eigenvalue weighted by atomic mass is 15.3. The maximum Gasteiger partial charge on any atom is 0.0557 e. The molecule has 4 heteroatoms. The monoisotopic (exact) mass is 258 g/mol. The van der Waals surface area contributed by atoms with Gasteiger partial charge in [-0.25, -0.2) is 0 Å². The molecular weight excluding hydrogens is 236 g/mol. The summed E-state index contributed by atoms with van der Waals surface area (Å²) in [5.74, 6) is 0. The van der Waals surface area contributed by atoms with Gasteiger partial charge in [0.25, 0.3) is 0 Å². The van der Waals surface area contributed by atoms with Crippen LogP contribution in [0.2, 0.25) is 0 Å². The second kappa shape index (κ2) is 7.04. The van der Waals surface area contributed by atoms with Crippen LogP contribution in [0.5, 0.6) is 0 Å². The molecule has 0 aromatic carbocycles. The molecule has 0 bridgehead atoms. The fourth-order valence-electron chi connectivity index (χ4n) is 2.23. The van der Waals surface area contributed by atoms with Crippen LogP contribution in [0.1, 0.15) is 37.7 Å². The molecule has 2 aromatic rings. The van der Waals surface area contributed by atoms with Crippen LogP contribution in [-0.4, -0.2) is 21.3 Å². The van der Waals surface area contributed by atoms with Crippen molar-refractivity contribution in [2.45, 2.75) is 39.3 Å². The van der Waals surface area contributed by atoms with Gasteiger partial charge in [0.15, 0.2) is 0 Å². The normalized spacial score (nSPS) is 12.5. The summed E-state index contributed by atoms with van der Waals surface area (Å²) in [5.41, 5.74) is 2.35. The number of rotatable bonds is 7. The molecule has 1 N–H and O–H groups in total. The summed E-state index contributed by atoms with van der Waals surface area (Å²) in [6.45, 7) is 6.21. The lowest BCUT2D eigenvalue weighted by Gasteiger charge is -2.19. The molecule has 0 saturated heterocycles. The van der Waals surface area contributed by atoms with Crippen LogP contribution in [0, 0.1) is 0 Å². The summed E-state index contributed by atoms with van der Waals surface area (Å²) < 4.78 is 2.05. The molecule has 0 saturated carbocycles. The van der Waals surface area contributed by atoms with E-state index in [4.69, 9.17) is 0 Å². The van der Waals surface area contributed by atoms with Crippen molar-refractivity contribution < 1.29 is 0 Å². The summed E-state index contributed by atoms with van der Waals surface area (Å²) >= 11 is 0. The zero-order valence-corrected chi connectivity index (χ0v) is 11.7. The Bertz CT molecular complexity index is 478. The molecule has 0 spiro atoms. The molecule has 2 rings (SSSR count). The van der Waals surface area contributed by atoms with Crippen LogP contribution in [0.3, 0.4) is 0 Å². The quantitative estimate of drug-likeness (QED) is 0.830. The van der Waals surface area contributed by atoms with Crippen molar-refractivity contribution >= 4 is 0 Å². The number of nitrogens with zero attached hydrogens (tertiary/aromatic N) is 3. The van der Waals surface area contributed by atoms with E-state index in [9.17, 15) is 0 Å². The van der Waals surface area contributed by atoms with Crippen LogP contribution in [-0.2, 0) is 13.0 Å². The molecule has 4 nitrogen and oxygen atoms in total. The number of nitrogens with one attached hydrogen (secondary N) is 1. The Morgan fingerprint density at radius 1 is 1.21 bits per heavy atom. The van der Waals surface area contributed by atoms with Gasteiger partial charge in [0.1, 0.15) is 0 Å². The second-order valence-corrected chi connectivity index (χ2v) is 4.60. The summed E-state index contributed by atoms with van der Waals surface area (Å²) in [7, 11) is 0. The van der Waals surface area contributed by atoms with E-state index in [0.717, 1.165) is 31.6 Å². The number of aromatic nitrogens is 3. The Morgan fingerprint density at radius 3 is 2.79 bits per heavy atom. The average Bonchev–Trinajstić information content (AvgIpc) is 2.93. The molecule has 19 heavy (non-hydrogen) atoms. The largest absolute Gasteiger partial charge is 0.308 e. The van der Waals surface area contributed by atoms with Gasteiger partial charge in [0, 0.05) is 31.1 Å². The minimum Gasteiger partial charge on any atom is -0.308 e. The third kappa shape index (κ3) is 3.64. The fourth-order valence-corrected chi connectivity index (χ4v) is 2.23. The maximum absolute atomic E-state index is 4.42. The predicted molar refractivity (Wildman–Crippen MR) is 76.9 cm³/mol. The SMILES string of the molecule is CCCNC(Cc1ccccn1)c1ccnn1CC. The summed E-state index contributed by atoms with van der Waals surface area (Å²) in [4.78, 5) is 4.42. The summed E-state index contributed by atoms with van der Waals surface area (Å²) in [6.07, 6.45) is 5.74. The molecule has 0 fully saturated rings. The van der Waals surface area contributed by atoms with Gasteiger partial charge in [0.05, 0.1) is 11.7 Å². The smallest absolute Gasteiger partial charge is 0.0557 e. The van der Waals surface area contributed by atoms with E-state index in [-0.39, 0.29) is 6.04 Å². The van der Waals surface area contributed by atoms with Crippen molar-refractivity contribution in [1.82, 2.24) is 20.1 Å². The first kappa shape index (κ1) is 13.7. The third-order valence-corrected chi connectivity index (χ3v) is 3.19. The third-order valence-electron chi connectivity index (χ3n) is 3.19. The van der Waals surface area contributed by atoms with Gasteiger partial charge < -0.3 is 5.32 Å². The zero-order valence-electron chi connectivity index (χ0n) is 11.7. The molecule has 0 aliphatic rings. The minimum atomic E-state index is 0.275. The van der Waals surface area contributed by atoms with E-state index in [1.54, 1.807) is 0 Å². The molecule has 0 aliphatic carbocycles. The number of hydrogen-bond donors (Lipinski definition) is 1. The Kier molecular flexibility index (Phi) is 5.10. The van der Waals surface area contributed by atoms with Crippen molar-refractivity contribution in [3.8, 4) is 0 Å². The molecular formula is C15H22N4. The van der Waals surface area contributed by atoms with Crippen molar-refractivity contribution in [3.63, 3.8) is 0 Å². The van der Waals surface area contributed by atoms with Gasteiger partial charge in [-0.1, -0.05) is 13.0 Å². The standard InChI is InChI=1S/C15H22N4/c1-3-9-17-14(12-13-7-5-6-10-16-13)15-8-11-18-19(15)4-2/h5-8,10-11,14,17H,3-4,9,12H2,1-2H3. The van der Waals surface area contributed by atoms with Gasteiger partial charge >= 0.3 is 0 Å². The summed E-state index contributed by atoms with van der Waals surface area (Å²) in [5, 5.41) is 7.96. The molecule has 0 aliphatic heterocycles. The fraction of sp³-hybridized carbons (Fsp3) is 0.467. The van der Waals surface area contributed by atoms with Crippen LogP contribution < -0.4 is 5.32 Å². The van der Waals surface area contributed by atoms with E-state index in [2.05, 4.69) is 46.1 Å². The number of pyridine rings is 1. The van der Waals surface area contributed by atoms with Crippen molar-refractivity contribution in [1.29, 1.82) is 0 Å². The Hall–Kier alpha value is -1.68. The molecule has 102 valence electrons. The van der Waals surface area contributed by atoms with Gasteiger partial charge in [-0.05, 0) is 38.1 Å². The predicted octanol–water partition coefficient (Wildman–Crippen LogP) is 2.58. The molecule has 2 aromatic heterocycles. The maximum atomic E-state index is 4.42. The number of hydrogen-bond acceptors (Lipinski definition) is 3. The highest BCUT2D eigenvalue weighted by Gasteiger charge is 2.16. The van der Waals surface area contributed by atoms with E-state index < -0.39 is 0 Å². The highest BCUT2D eigenvalue weighted by molar-refractivity contribution is 5.13. The van der Waals surface area contributed by atoms with Crippen LogP contribution in [0.25, 0.3) is 0 Å². The molecule has 0 radical (unpaired) electrons. The van der Waals surface area contributed by atoms with Crippen LogP contribution in [0.4, 0.5) is 0 Å². The lowest BCUT2D eigenvalue weighted by molar-refractivity contribution is 0.475. The van der Waals surface area contributed by atoms with E-state index >= 15 is 0 Å². The van der Waals surface area contributed by atoms with Crippen molar-refractivity contribution in [3.05, 3.63) is 48.0 Å².